The third-order valence-corrected chi connectivity index (χ3v) is 3.43. The fourth-order valence-corrected chi connectivity index (χ4v) is 2.39. The standard InChI is InChI=1S/C13H24N2O/c1-4-9-14-13(16)11(3)15-10(2)12-7-5-6-8-12/h4,10-12,15H,1,5-9H2,2-3H3,(H,14,16). The fourth-order valence-electron chi connectivity index (χ4n) is 2.39. The Morgan fingerprint density at radius 2 is 2.06 bits per heavy atom. The molecule has 3 nitrogen and oxygen atoms in total. The van der Waals surface area contributed by atoms with Crippen LogP contribution in [0.3, 0.4) is 0 Å². The quantitative estimate of drug-likeness (QED) is 0.676. The Kier molecular flexibility index (Phi) is 5.53. The molecule has 0 heterocycles. The van der Waals surface area contributed by atoms with E-state index in [1.807, 2.05) is 6.92 Å². The van der Waals surface area contributed by atoms with Crippen molar-refractivity contribution in [3.05, 3.63) is 12.7 Å². The molecular weight excluding hydrogens is 200 g/mol. The molecule has 92 valence electrons. The fraction of sp³-hybridized carbons (Fsp3) is 0.769. The molecule has 3 heteroatoms. The molecule has 1 rings (SSSR count). The highest BCUT2D eigenvalue weighted by molar-refractivity contribution is 5.81. The Morgan fingerprint density at radius 3 is 2.62 bits per heavy atom. The second-order valence-corrected chi connectivity index (χ2v) is 4.76. The van der Waals surface area contributed by atoms with Crippen LogP contribution in [0.4, 0.5) is 0 Å². The molecule has 2 N–H and O–H groups in total. The normalized spacial score (nSPS) is 20.4. The predicted octanol–water partition coefficient (Wildman–Crippen LogP) is 1.85. The van der Waals surface area contributed by atoms with Crippen LogP contribution in [0.1, 0.15) is 39.5 Å². The monoisotopic (exact) mass is 224 g/mol. The summed E-state index contributed by atoms with van der Waals surface area (Å²) in [5.41, 5.74) is 0. The first-order valence-electron chi connectivity index (χ1n) is 6.29. The minimum atomic E-state index is -0.115. The Balaban J connectivity index is 2.28. The molecule has 0 aromatic rings. The molecule has 1 aliphatic carbocycles. The molecular formula is C13H24N2O. The summed E-state index contributed by atoms with van der Waals surface area (Å²) in [4.78, 5) is 11.6. The molecule has 0 bridgehead atoms. The van der Waals surface area contributed by atoms with E-state index < -0.39 is 0 Å². The van der Waals surface area contributed by atoms with Crippen LogP contribution in [0.25, 0.3) is 0 Å². The van der Waals surface area contributed by atoms with Gasteiger partial charge in [0.1, 0.15) is 0 Å². The van der Waals surface area contributed by atoms with Crippen LogP contribution in [-0.2, 0) is 4.79 Å². The second-order valence-electron chi connectivity index (χ2n) is 4.76. The van der Waals surface area contributed by atoms with Crippen molar-refractivity contribution in [1.82, 2.24) is 10.6 Å². The molecule has 1 aliphatic rings. The van der Waals surface area contributed by atoms with Gasteiger partial charge in [0.25, 0.3) is 0 Å². The number of carbonyl (C=O) groups is 1. The van der Waals surface area contributed by atoms with Gasteiger partial charge in [0.15, 0.2) is 0 Å². The molecule has 2 atom stereocenters. The van der Waals surface area contributed by atoms with Crippen molar-refractivity contribution in [1.29, 1.82) is 0 Å². The molecule has 0 saturated heterocycles. The highest BCUT2D eigenvalue weighted by Crippen LogP contribution is 2.27. The van der Waals surface area contributed by atoms with Crippen molar-refractivity contribution >= 4 is 5.91 Å². The maximum atomic E-state index is 11.6. The zero-order valence-electron chi connectivity index (χ0n) is 10.5. The van der Waals surface area contributed by atoms with Gasteiger partial charge in [-0.05, 0) is 32.6 Å². The first-order chi connectivity index (χ1) is 7.65. The number of nitrogens with one attached hydrogen (secondary N) is 2. The molecule has 16 heavy (non-hydrogen) atoms. The maximum Gasteiger partial charge on any atom is 0.237 e. The Labute approximate surface area is 98.7 Å². The summed E-state index contributed by atoms with van der Waals surface area (Å²) < 4.78 is 0. The molecule has 1 fully saturated rings. The maximum absolute atomic E-state index is 11.6. The summed E-state index contributed by atoms with van der Waals surface area (Å²) in [5.74, 6) is 0.805. The summed E-state index contributed by atoms with van der Waals surface area (Å²) >= 11 is 0. The van der Waals surface area contributed by atoms with E-state index >= 15 is 0 Å². The van der Waals surface area contributed by atoms with Crippen molar-refractivity contribution in [2.24, 2.45) is 5.92 Å². The first kappa shape index (κ1) is 13.2. The highest BCUT2D eigenvalue weighted by Gasteiger charge is 2.24. The first-order valence-corrected chi connectivity index (χ1v) is 6.29. The van der Waals surface area contributed by atoms with E-state index in [1.54, 1.807) is 6.08 Å². The lowest BCUT2D eigenvalue weighted by molar-refractivity contribution is -0.122. The smallest absolute Gasteiger partial charge is 0.237 e. The van der Waals surface area contributed by atoms with Crippen molar-refractivity contribution in [3.63, 3.8) is 0 Å². The minimum Gasteiger partial charge on any atom is -0.351 e. The van der Waals surface area contributed by atoms with E-state index in [2.05, 4.69) is 24.1 Å². The van der Waals surface area contributed by atoms with Gasteiger partial charge in [0.05, 0.1) is 6.04 Å². The number of hydrogen-bond acceptors (Lipinski definition) is 2. The van der Waals surface area contributed by atoms with E-state index in [4.69, 9.17) is 0 Å². The summed E-state index contributed by atoms with van der Waals surface area (Å²) in [6, 6.07) is 0.322. The molecule has 0 radical (unpaired) electrons. The summed E-state index contributed by atoms with van der Waals surface area (Å²) in [6.07, 6.45) is 6.98. The summed E-state index contributed by atoms with van der Waals surface area (Å²) in [5, 5.41) is 6.19. The van der Waals surface area contributed by atoms with Gasteiger partial charge in [-0.15, -0.1) is 6.58 Å². The second kappa shape index (κ2) is 6.69. The van der Waals surface area contributed by atoms with Crippen LogP contribution in [0.2, 0.25) is 0 Å². The third-order valence-electron chi connectivity index (χ3n) is 3.43. The van der Waals surface area contributed by atoms with Gasteiger partial charge >= 0.3 is 0 Å². The van der Waals surface area contributed by atoms with Gasteiger partial charge in [-0.2, -0.15) is 0 Å². The van der Waals surface area contributed by atoms with Gasteiger partial charge in [-0.1, -0.05) is 18.9 Å². The molecule has 1 saturated carbocycles. The average molecular weight is 224 g/mol. The number of hydrogen-bond donors (Lipinski definition) is 2. The molecule has 0 aromatic carbocycles. The van der Waals surface area contributed by atoms with Gasteiger partial charge in [0.2, 0.25) is 5.91 Å². The lowest BCUT2D eigenvalue weighted by Gasteiger charge is -2.24. The summed E-state index contributed by atoms with van der Waals surface area (Å²) in [6.45, 7) is 8.23. The molecule has 2 unspecified atom stereocenters. The molecule has 0 spiro atoms. The lowest BCUT2D eigenvalue weighted by atomic mass is 9.99. The Hall–Kier alpha value is -0.830. The van der Waals surface area contributed by atoms with E-state index in [1.165, 1.54) is 25.7 Å². The van der Waals surface area contributed by atoms with Crippen LogP contribution in [0.5, 0.6) is 0 Å². The number of carbonyl (C=O) groups excluding carboxylic acids is 1. The van der Waals surface area contributed by atoms with Gasteiger partial charge in [0, 0.05) is 12.6 Å². The number of rotatable bonds is 6. The molecule has 0 aromatic heterocycles. The van der Waals surface area contributed by atoms with Crippen molar-refractivity contribution in [2.45, 2.75) is 51.6 Å². The van der Waals surface area contributed by atoms with Crippen molar-refractivity contribution in [3.8, 4) is 0 Å². The van der Waals surface area contributed by atoms with Gasteiger partial charge in [-0.25, -0.2) is 0 Å². The van der Waals surface area contributed by atoms with E-state index in [0.29, 0.717) is 12.6 Å². The lowest BCUT2D eigenvalue weighted by Crippen LogP contribution is -2.47. The van der Waals surface area contributed by atoms with Crippen LogP contribution in [0, 0.1) is 5.92 Å². The topological polar surface area (TPSA) is 41.1 Å². The zero-order valence-corrected chi connectivity index (χ0v) is 10.5. The van der Waals surface area contributed by atoms with E-state index in [0.717, 1.165) is 5.92 Å². The molecule has 1 amide bonds. The van der Waals surface area contributed by atoms with Crippen molar-refractivity contribution in [2.75, 3.05) is 6.54 Å². The predicted molar refractivity (Wildman–Crippen MR) is 67.2 cm³/mol. The van der Waals surface area contributed by atoms with E-state index in [-0.39, 0.29) is 11.9 Å². The van der Waals surface area contributed by atoms with Crippen LogP contribution in [0.15, 0.2) is 12.7 Å². The SMILES string of the molecule is C=CCNC(=O)C(C)NC(C)C1CCCC1. The van der Waals surface area contributed by atoms with Gasteiger partial charge < -0.3 is 10.6 Å². The minimum absolute atomic E-state index is 0.0600. The van der Waals surface area contributed by atoms with Gasteiger partial charge in [-0.3, -0.25) is 4.79 Å². The average Bonchev–Trinajstić information content (AvgIpc) is 2.79. The zero-order chi connectivity index (χ0) is 12.0. The third kappa shape index (κ3) is 3.97. The Bertz CT molecular complexity index is 234. The summed E-state index contributed by atoms with van der Waals surface area (Å²) in [7, 11) is 0. The molecule has 0 aliphatic heterocycles. The van der Waals surface area contributed by atoms with Crippen molar-refractivity contribution < 1.29 is 4.79 Å². The van der Waals surface area contributed by atoms with Crippen LogP contribution >= 0.6 is 0 Å². The van der Waals surface area contributed by atoms with Crippen LogP contribution in [-0.4, -0.2) is 24.5 Å². The van der Waals surface area contributed by atoms with E-state index in [9.17, 15) is 4.79 Å². The van der Waals surface area contributed by atoms with Crippen LogP contribution < -0.4 is 10.6 Å². The number of amides is 1. The highest BCUT2D eigenvalue weighted by atomic mass is 16.2. The Morgan fingerprint density at radius 1 is 1.44 bits per heavy atom. The largest absolute Gasteiger partial charge is 0.351 e.